The van der Waals surface area contributed by atoms with Gasteiger partial charge in [-0.05, 0) is 17.7 Å². The molecule has 0 unspecified atom stereocenters. The maximum absolute atomic E-state index is 10.8. The summed E-state index contributed by atoms with van der Waals surface area (Å²) in [6.07, 6.45) is 1.21. The topological polar surface area (TPSA) is 101 Å². The van der Waals surface area contributed by atoms with Gasteiger partial charge in [0.25, 0.3) is 0 Å². The van der Waals surface area contributed by atoms with E-state index in [1.165, 1.54) is 10.9 Å². The van der Waals surface area contributed by atoms with Gasteiger partial charge in [0.15, 0.2) is 0 Å². The van der Waals surface area contributed by atoms with Gasteiger partial charge in [-0.3, -0.25) is 0 Å². The summed E-state index contributed by atoms with van der Waals surface area (Å²) < 4.78 is 1.37. The van der Waals surface area contributed by atoms with Crippen LogP contribution in [0.1, 0.15) is 15.9 Å². The van der Waals surface area contributed by atoms with E-state index >= 15 is 0 Å². The number of phenolic OH excluding ortho intramolecular Hbond substituents is 1. The second-order valence-electron chi connectivity index (χ2n) is 3.58. The summed E-state index contributed by atoms with van der Waals surface area (Å²) in [6.45, 7) is 0.313. The zero-order valence-corrected chi connectivity index (χ0v) is 8.87. The van der Waals surface area contributed by atoms with Gasteiger partial charge in [-0.2, -0.15) is 5.10 Å². The van der Waals surface area contributed by atoms with Crippen LogP contribution in [0.25, 0.3) is 0 Å². The van der Waals surface area contributed by atoms with E-state index in [1.807, 2.05) is 0 Å². The molecule has 17 heavy (non-hydrogen) atoms. The van der Waals surface area contributed by atoms with Crippen LogP contribution in [0.2, 0.25) is 0 Å². The third-order valence-electron chi connectivity index (χ3n) is 2.35. The fraction of sp³-hybridized carbons (Fsp3) is 0.0909. The molecule has 4 N–H and O–H groups in total. The number of hydrogen-bond acceptors (Lipinski definition) is 4. The predicted molar refractivity (Wildman–Crippen MR) is 60.8 cm³/mol. The zero-order chi connectivity index (χ0) is 12.4. The number of nitrogens with zero attached hydrogens (tertiary/aromatic N) is 2. The largest absolute Gasteiger partial charge is 0.508 e. The van der Waals surface area contributed by atoms with Crippen molar-refractivity contribution in [1.82, 2.24) is 9.78 Å². The molecule has 0 atom stereocenters. The normalized spacial score (nSPS) is 10.4. The molecular formula is C11H11N3O3. The summed E-state index contributed by atoms with van der Waals surface area (Å²) >= 11 is 0. The molecule has 0 aliphatic heterocycles. The fourth-order valence-corrected chi connectivity index (χ4v) is 1.51. The zero-order valence-electron chi connectivity index (χ0n) is 8.87. The number of aromatic hydroxyl groups is 1. The summed E-state index contributed by atoms with van der Waals surface area (Å²) in [5, 5.41) is 22.0. The van der Waals surface area contributed by atoms with Crippen molar-refractivity contribution in [3.63, 3.8) is 0 Å². The number of nitrogen functional groups attached to an aromatic ring is 1. The van der Waals surface area contributed by atoms with Gasteiger partial charge in [0.05, 0.1) is 12.7 Å². The van der Waals surface area contributed by atoms with Crippen LogP contribution in [0.4, 0.5) is 5.82 Å². The Balaban J connectivity index is 2.28. The quantitative estimate of drug-likeness (QED) is 0.731. The van der Waals surface area contributed by atoms with Crippen molar-refractivity contribution >= 4 is 11.8 Å². The number of carboxylic acids is 1. The smallest absolute Gasteiger partial charge is 0.341 e. The summed E-state index contributed by atoms with van der Waals surface area (Å²) in [7, 11) is 0. The lowest BCUT2D eigenvalue weighted by molar-refractivity contribution is 0.0698. The van der Waals surface area contributed by atoms with Gasteiger partial charge in [-0.15, -0.1) is 0 Å². The van der Waals surface area contributed by atoms with Crippen molar-refractivity contribution in [2.75, 3.05) is 5.73 Å². The van der Waals surface area contributed by atoms with Gasteiger partial charge < -0.3 is 15.9 Å². The van der Waals surface area contributed by atoms with Crippen LogP contribution >= 0.6 is 0 Å². The second kappa shape index (κ2) is 4.17. The number of phenols is 1. The first-order chi connectivity index (χ1) is 8.08. The lowest BCUT2D eigenvalue weighted by Crippen LogP contribution is -2.08. The minimum atomic E-state index is -1.11. The third-order valence-corrected chi connectivity index (χ3v) is 2.35. The minimum absolute atomic E-state index is 0.0230. The SMILES string of the molecule is Nc1c(C(=O)O)cnn1Cc1cccc(O)c1. The van der Waals surface area contributed by atoms with Crippen molar-refractivity contribution in [1.29, 1.82) is 0 Å². The molecule has 0 saturated carbocycles. The third kappa shape index (κ3) is 2.20. The van der Waals surface area contributed by atoms with Crippen LogP contribution in [0.3, 0.4) is 0 Å². The van der Waals surface area contributed by atoms with Gasteiger partial charge >= 0.3 is 5.97 Å². The molecule has 0 saturated heterocycles. The van der Waals surface area contributed by atoms with Crippen LogP contribution in [0.15, 0.2) is 30.5 Å². The van der Waals surface area contributed by atoms with Crippen LogP contribution in [0.5, 0.6) is 5.75 Å². The lowest BCUT2D eigenvalue weighted by Gasteiger charge is -2.05. The van der Waals surface area contributed by atoms with E-state index in [2.05, 4.69) is 5.10 Å². The van der Waals surface area contributed by atoms with Crippen LogP contribution in [-0.4, -0.2) is 26.0 Å². The van der Waals surface area contributed by atoms with Crippen molar-refractivity contribution in [2.24, 2.45) is 0 Å². The van der Waals surface area contributed by atoms with Crippen LogP contribution in [-0.2, 0) is 6.54 Å². The van der Waals surface area contributed by atoms with E-state index in [0.717, 1.165) is 5.56 Å². The fourth-order valence-electron chi connectivity index (χ4n) is 1.51. The molecule has 0 spiro atoms. The first-order valence-corrected chi connectivity index (χ1v) is 4.90. The monoisotopic (exact) mass is 233 g/mol. The van der Waals surface area contributed by atoms with Crippen molar-refractivity contribution in [2.45, 2.75) is 6.54 Å². The van der Waals surface area contributed by atoms with Gasteiger partial charge in [0, 0.05) is 0 Å². The molecule has 0 aliphatic rings. The maximum Gasteiger partial charge on any atom is 0.341 e. The van der Waals surface area contributed by atoms with E-state index in [9.17, 15) is 9.90 Å². The van der Waals surface area contributed by atoms with Gasteiger partial charge in [0.1, 0.15) is 17.1 Å². The van der Waals surface area contributed by atoms with Crippen LogP contribution in [0, 0.1) is 0 Å². The van der Waals surface area contributed by atoms with Crippen LogP contribution < -0.4 is 5.73 Å². The van der Waals surface area contributed by atoms with E-state index < -0.39 is 5.97 Å². The Morgan fingerprint density at radius 2 is 2.24 bits per heavy atom. The minimum Gasteiger partial charge on any atom is -0.508 e. The number of rotatable bonds is 3. The highest BCUT2D eigenvalue weighted by molar-refractivity contribution is 5.92. The molecule has 6 nitrogen and oxygen atoms in total. The Hall–Kier alpha value is -2.50. The standard InChI is InChI=1S/C11H11N3O3/c12-10-9(11(16)17)5-13-14(10)6-7-2-1-3-8(15)4-7/h1-5,15H,6,12H2,(H,16,17). The molecule has 1 aromatic heterocycles. The second-order valence-corrected chi connectivity index (χ2v) is 3.58. The summed E-state index contributed by atoms with van der Waals surface area (Å²) in [5.74, 6) is -0.864. The highest BCUT2D eigenvalue weighted by Crippen LogP contribution is 2.16. The number of nitrogens with two attached hydrogens (primary N) is 1. The Bertz CT molecular complexity index is 563. The molecule has 0 fully saturated rings. The molecule has 0 aliphatic carbocycles. The van der Waals surface area contributed by atoms with Gasteiger partial charge in [-0.25, -0.2) is 9.48 Å². The van der Waals surface area contributed by atoms with Crippen molar-refractivity contribution in [3.8, 4) is 5.75 Å². The molecule has 2 aromatic rings. The Labute approximate surface area is 96.9 Å². The Morgan fingerprint density at radius 1 is 1.47 bits per heavy atom. The first-order valence-electron chi connectivity index (χ1n) is 4.90. The molecule has 1 aromatic carbocycles. The number of carboxylic acid groups (broad SMARTS) is 1. The van der Waals surface area contributed by atoms with E-state index in [4.69, 9.17) is 10.8 Å². The molecule has 0 bridgehead atoms. The lowest BCUT2D eigenvalue weighted by atomic mass is 10.2. The molecule has 0 radical (unpaired) electrons. The highest BCUT2D eigenvalue weighted by atomic mass is 16.4. The number of anilines is 1. The van der Waals surface area contributed by atoms with Gasteiger partial charge in [-0.1, -0.05) is 12.1 Å². The summed E-state index contributed by atoms with van der Waals surface area (Å²) in [4.78, 5) is 10.8. The average molecular weight is 233 g/mol. The van der Waals surface area contributed by atoms with E-state index in [-0.39, 0.29) is 17.1 Å². The van der Waals surface area contributed by atoms with Gasteiger partial charge in [0.2, 0.25) is 0 Å². The summed E-state index contributed by atoms with van der Waals surface area (Å²) in [6, 6.07) is 6.62. The number of carbonyl (C=O) groups is 1. The molecule has 0 amide bonds. The molecule has 88 valence electrons. The first kappa shape index (κ1) is 11.0. The molecular weight excluding hydrogens is 222 g/mol. The van der Waals surface area contributed by atoms with E-state index in [0.29, 0.717) is 6.54 Å². The maximum atomic E-state index is 10.8. The van der Waals surface area contributed by atoms with Crippen molar-refractivity contribution < 1.29 is 15.0 Å². The molecule has 6 heteroatoms. The number of hydrogen-bond donors (Lipinski definition) is 3. The predicted octanol–water partition coefficient (Wildman–Crippen LogP) is 0.917. The molecule has 1 heterocycles. The summed E-state index contributed by atoms with van der Waals surface area (Å²) in [5.41, 5.74) is 6.41. The van der Waals surface area contributed by atoms with E-state index in [1.54, 1.807) is 24.3 Å². The molecule has 2 rings (SSSR count). The highest BCUT2D eigenvalue weighted by Gasteiger charge is 2.13. The number of benzene rings is 1. The average Bonchev–Trinajstić information content (AvgIpc) is 2.61. The van der Waals surface area contributed by atoms with Crippen molar-refractivity contribution in [3.05, 3.63) is 41.6 Å². The Kier molecular flexibility index (Phi) is 2.70. The Morgan fingerprint density at radius 3 is 2.82 bits per heavy atom. The number of aromatic nitrogens is 2. The number of aromatic carboxylic acids is 1.